The largest absolute Gasteiger partial charge is 0.508 e. The third-order valence-electron chi connectivity index (χ3n) is 5.48. The molecule has 146 valence electrons. The van der Waals surface area contributed by atoms with Gasteiger partial charge in [-0.1, -0.05) is 37.3 Å². The highest BCUT2D eigenvalue weighted by atomic mass is 16.3. The average Bonchev–Trinajstić information content (AvgIpc) is 2.62. The van der Waals surface area contributed by atoms with Gasteiger partial charge in [0.2, 0.25) is 5.91 Å². The first kappa shape index (κ1) is 21.0. The van der Waals surface area contributed by atoms with Crippen molar-refractivity contribution in [2.24, 2.45) is 5.73 Å². The van der Waals surface area contributed by atoms with Crippen molar-refractivity contribution in [1.82, 2.24) is 4.90 Å². The van der Waals surface area contributed by atoms with Gasteiger partial charge in [-0.25, -0.2) is 0 Å². The van der Waals surface area contributed by atoms with Gasteiger partial charge in [0.1, 0.15) is 5.75 Å². The van der Waals surface area contributed by atoms with Gasteiger partial charge < -0.3 is 10.8 Å². The Bertz CT molecular complexity index is 763. The number of phenols is 1. The summed E-state index contributed by atoms with van der Waals surface area (Å²) in [6.45, 7) is 11.8. The van der Waals surface area contributed by atoms with E-state index in [4.69, 9.17) is 5.73 Å². The molecule has 1 amide bonds. The van der Waals surface area contributed by atoms with Crippen LogP contribution in [0.3, 0.4) is 0 Å². The summed E-state index contributed by atoms with van der Waals surface area (Å²) in [6, 6.07) is 15.9. The maximum Gasteiger partial charge on any atom is 0.248 e. The minimum atomic E-state index is -0.488. The van der Waals surface area contributed by atoms with Crippen molar-refractivity contribution in [1.29, 1.82) is 0 Å². The molecule has 0 saturated heterocycles. The van der Waals surface area contributed by atoms with Gasteiger partial charge in [-0.3, -0.25) is 9.69 Å². The topological polar surface area (TPSA) is 66.6 Å². The number of hydrogen-bond donors (Lipinski definition) is 2. The van der Waals surface area contributed by atoms with Crippen LogP contribution in [0.25, 0.3) is 0 Å². The first-order valence-electron chi connectivity index (χ1n) is 9.61. The van der Waals surface area contributed by atoms with E-state index in [1.807, 2.05) is 18.2 Å². The number of carbonyl (C=O) groups excluding carboxylic acids is 1. The number of benzene rings is 2. The average molecular weight is 369 g/mol. The van der Waals surface area contributed by atoms with E-state index in [-0.39, 0.29) is 5.75 Å². The molecule has 4 nitrogen and oxygen atoms in total. The molecule has 0 aliphatic heterocycles. The molecular formula is C23H32N2O2. The second-order valence-electron chi connectivity index (χ2n) is 7.97. The second kappa shape index (κ2) is 8.57. The summed E-state index contributed by atoms with van der Waals surface area (Å²) >= 11 is 0. The van der Waals surface area contributed by atoms with Crippen LogP contribution in [0, 0.1) is 0 Å². The van der Waals surface area contributed by atoms with Crippen molar-refractivity contribution in [3.8, 4) is 5.75 Å². The number of hydrogen-bond acceptors (Lipinski definition) is 3. The third kappa shape index (κ3) is 4.69. The van der Waals surface area contributed by atoms with Crippen LogP contribution in [0.1, 0.15) is 62.5 Å². The normalized spacial score (nSPS) is 13.9. The Balaban J connectivity index is 2.52. The van der Waals surface area contributed by atoms with Crippen LogP contribution in [0.4, 0.5) is 0 Å². The summed E-state index contributed by atoms with van der Waals surface area (Å²) in [4.78, 5) is 14.1. The zero-order chi connectivity index (χ0) is 20.2. The number of aromatic hydroxyl groups is 1. The van der Waals surface area contributed by atoms with E-state index in [2.05, 4.69) is 51.7 Å². The lowest BCUT2D eigenvalue weighted by atomic mass is 9.72. The quantitative estimate of drug-likeness (QED) is 0.730. The minimum Gasteiger partial charge on any atom is -0.508 e. The Labute approximate surface area is 163 Å². The number of carbonyl (C=O) groups is 1. The number of nitrogens with two attached hydrogens (primary N) is 1. The van der Waals surface area contributed by atoms with Crippen LogP contribution in [-0.4, -0.2) is 34.5 Å². The van der Waals surface area contributed by atoms with Gasteiger partial charge in [0.15, 0.2) is 0 Å². The zero-order valence-electron chi connectivity index (χ0n) is 17.1. The maximum absolute atomic E-state index is 11.7. The second-order valence-corrected chi connectivity index (χ2v) is 7.97. The number of phenolic OH excluding ortho intramolecular Hbond substituents is 1. The Kier molecular flexibility index (Phi) is 6.66. The van der Waals surface area contributed by atoms with E-state index in [1.165, 1.54) is 0 Å². The first-order chi connectivity index (χ1) is 12.7. The molecule has 0 aromatic heterocycles. The highest BCUT2D eigenvalue weighted by Crippen LogP contribution is 2.40. The molecular weight excluding hydrogens is 336 g/mol. The number of nitrogens with zero attached hydrogens (tertiary/aromatic N) is 1. The lowest BCUT2D eigenvalue weighted by molar-refractivity contribution is 0.1000. The SMILES string of the molecule is CC(C)N(CCC(C)(c1ccccc1)c1cc(C(N)=O)ccc1O)C(C)C. The highest BCUT2D eigenvalue weighted by molar-refractivity contribution is 5.93. The lowest BCUT2D eigenvalue weighted by Crippen LogP contribution is -2.40. The Morgan fingerprint density at radius 1 is 1.07 bits per heavy atom. The first-order valence-corrected chi connectivity index (χ1v) is 9.61. The van der Waals surface area contributed by atoms with Crippen LogP contribution >= 0.6 is 0 Å². The standard InChI is InChI=1S/C23H32N2O2/c1-16(2)25(17(3)4)14-13-23(5,19-9-7-6-8-10-19)20-15-18(22(24)27)11-12-21(20)26/h6-12,15-17,26H,13-14H2,1-5H3,(H2,24,27). The van der Waals surface area contributed by atoms with Crippen molar-refractivity contribution >= 4 is 5.91 Å². The number of primary amides is 1. The molecule has 0 aliphatic rings. The Morgan fingerprint density at radius 2 is 1.67 bits per heavy atom. The summed E-state index contributed by atoms with van der Waals surface area (Å²) in [6.07, 6.45) is 0.809. The molecule has 0 bridgehead atoms. The van der Waals surface area contributed by atoms with E-state index in [0.29, 0.717) is 17.6 Å². The summed E-state index contributed by atoms with van der Waals surface area (Å²) < 4.78 is 0. The molecule has 0 saturated carbocycles. The predicted molar refractivity (Wildman–Crippen MR) is 111 cm³/mol. The minimum absolute atomic E-state index is 0.187. The molecule has 1 atom stereocenters. The molecule has 1 unspecified atom stereocenters. The van der Waals surface area contributed by atoms with E-state index >= 15 is 0 Å². The lowest BCUT2D eigenvalue weighted by Gasteiger charge is -2.37. The maximum atomic E-state index is 11.7. The predicted octanol–water partition coefficient (Wildman–Crippen LogP) is 4.31. The molecule has 2 rings (SSSR count). The van der Waals surface area contributed by atoms with Crippen LogP contribution in [0.15, 0.2) is 48.5 Å². The number of amides is 1. The van der Waals surface area contributed by atoms with Crippen molar-refractivity contribution in [2.45, 2.75) is 58.5 Å². The van der Waals surface area contributed by atoms with Gasteiger partial charge >= 0.3 is 0 Å². The molecule has 0 fully saturated rings. The Morgan fingerprint density at radius 3 is 2.19 bits per heavy atom. The third-order valence-corrected chi connectivity index (χ3v) is 5.48. The monoisotopic (exact) mass is 368 g/mol. The fraction of sp³-hybridized carbons (Fsp3) is 0.435. The van der Waals surface area contributed by atoms with E-state index in [9.17, 15) is 9.90 Å². The van der Waals surface area contributed by atoms with Gasteiger partial charge in [0.25, 0.3) is 0 Å². The van der Waals surface area contributed by atoms with Gasteiger partial charge in [0, 0.05) is 28.6 Å². The van der Waals surface area contributed by atoms with Gasteiger partial charge in [-0.2, -0.15) is 0 Å². The molecule has 0 heterocycles. The van der Waals surface area contributed by atoms with E-state index < -0.39 is 11.3 Å². The van der Waals surface area contributed by atoms with E-state index in [0.717, 1.165) is 24.1 Å². The summed E-state index contributed by atoms with van der Waals surface area (Å²) in [5, 5.41) is 10.6. The van der Waals surface area contributed by atoms with Crippen molar-refractivity contribution in [3.05, 3.63) is 65.2 Å². The molecule has 27 heavy (non-hydrogen) atoms. The van der Waals surface area contributed by atoms with Crippen molar-refractivity contribution < 1.29 is 9.90 Å². The molecule has 2 aromatic carbocycles. The molecule has 0 aliphatic carbocycles. The van der Waals surface area contributed by atoms with Crippen LogP contribution in [-0.2, 0) is 5.41 Å². The van der Waals surface area contributed by atoms with Gasteiger partial charge in [0.05, 0.1) is 0 Å². The van der Waals surface area contributed by atoms with Crippen LogP contribution in [0.2, 0.25) is 0 Å². The summed E-state index contributed by atoms with van der Waals surface area (Å²) in [5.74, 6) is -0.301. The highest BCUT2D eigenvalue weighted by Gasteiger charge is 2.33. The van der Waals surface area contributed by atoms with E-state index in [1.54, 1.807) is 18.2 Å². The van der Waals surface area contributed by atoms with Crippen molar-refractivity contribution in [3.63, 3.8) is 0 Å². The van der Waals surface area contributed by atoms with Crippen molar-refractivity contribution in [2.75, 3.05) is 6.54 Å². The molecule has 2 aromatic rings. The van der Waals surface area contributed by atoms with Gasteiger partial charge in [-0.15, -0.1) is 0 Å². The smallest absolute Gasteiger partial charge is 0.248 e. The number of rotatable bonds is 8. The summed E-state index contributed by atoms with van der Waals surface area (Å²) in [7, 11) is 0. The van der Waals surface area contributed by atoms with Crippen LogP contribution < -0.4 is 5.73 Å². The zero-order valence-corrected chi connectivity index (χ0v) is 17.1. The molecule has 0 spiro atoms. The fourth-order valence-electron chi connectivity index (χ4n) is 3.84. The van der Waals surface area contributed by atoms with Crippen LogP contribution in [0.5, 0.6) is 5.75 Å². The molecule has 3 N–H and O–H groups in total. The fourth-order valence-corrected chi connectivity index (χ4v) is 3.84. The molecule has 4 heteroatoms. The van der Waals surface area contributed by atoms with Gasteiger partial charge in [-0.05, 0) is 64.4 Å². The Hall–Kier alpha value is -2.33. The molecule has 0 radical (unpaired) electrons. The summed E-state index contributed by atoms with van der Waals surface area (Å²) in [5.41, 5.74) is 7.29.